The van der Waals surface area contributed by atoms with Crippen LogP contribution in [0.3, 0.4) is 0 Å². The van der Waals surface area contributed by atoms with E-state index >= 15 is 0 Å². The van der Waals surface area contributed by atoms with Gasteiger partial charge in [-0.25, -0.2) is 9.97 Å². The molecule has 0 aliphatic rings. The largest absolute Gasteiger partial charge is 0.396 e. The third-order valence-electron chi connectivity index (χ3n) is 4.01. The van der Waals surface area contributed by atoms with E-state index in [4.69, 9.17) is 5.11 Å². The highest BCUT2D eigenvalue weighted by Gasteiger charge is 2.07. The molecule has 0 amide bonds. The molecule has 1 aromatic heterocycles. The molecule has 3 rings (SSSR count). The molecule has 0 saturated carbocycles. The summed E-state index contributed by atoms with van der Waals surface area (Å²) in [5.41, 5.74) is 3.28. The Hall–Kier alpha value is -2.97. The van der Waals surface area contributed by atoms with Gasteiger partial charge in [0.25, 0.3) is 0 Å². The van der Waals surface area contributed by atoms with E-state index in [1.807, 2.05) is 54.6 Å². The van der Waals surface area contributed by atoms with Crippen LogP contribution in [-0.4, -0.2) is 31.6 Å². The number of hydrogen-bond acceptors (Lipinski definition) is 7. The van der Waals surface area contributed by atoms with Crippen molar-refractivity contribution in [1.82, 2.24) is 9.97 Å². The molecule has 7 nitrogen and oxygen atoms in total. The van der Waals surface area contributed by atoms with E-state index in [1.54, 1.807) is 6.20 Å². The summed E-state index contributed by atoms with van der Waals surface area (Å²) >= 11 is 0. The predicted molar refractivity (Wildman–Crippen MR) is 110 cm³/mol. The van der Waals surface area contributed by atoms with Crippen molar-refractivity contribution >= 4 is 22.4 Å². The highest BCUT2D eigenvalue weighted by molar-refractivity contribution is 7.85. The van der Waals surface area contributed by atoms with E-state index in [-0.39, 0.29) is 13.2 Å². The molecule has 2 aromatic carbocycles. The summed E-state index contributed by atoms with van der Waals surface area (Å²) < 4.78 is 12.1. The first-order valence-electron chi connectivity index (χ1n) is 8.77. The summed E-state index contributed by atoms with van der Waals surface area (Å²) in [5.74, 6) is 0.897. The minimum absolute atomic E-state index is 0.0389. The average molecular weight is 396 g/mol. The standard InChI is InChI=1S/C20H20N4O3S/c25-12-1-13-28(27)18-8-4-16(5-9-18)19-10-11-21-20(24-19)23-17-6-2-15(3-7-17)14-22-26/h2-11,25H,1,12-14H2,(H,21,23,24). The number of anilines is 2. The molecule has 0 aliphatic heterocycles. The van der Waals surface area contributed by atoms with Crippen LogP contribution in [0.2, 0.25) is 0 Å². The van der Waals surface area contributed by atoms with Gasteiger partial charge in [0.2, 0.25) is 5.95 Å². The molecular weight excluding hydrogens is 376 g/mol. The lowest BCUT2D eigenvalue weighted by Gasteiger charge is -2.08. The van der Waals surface area contributed by atoms with Gasteiger partial charge in [0.15, 0.2) is 0 Å². The number of aliphatic hydroxyl groups excluding tert-OH is 1. The lowest BCUT2D eigenvalue weighted by molar-refractivity contribution is 0.296. The third kappa shape index (κ3) is 5.28. The molecule has 0 radical (unpaired) electrons. The van der Waals surface area contributed by atoms with E-state index in [1.165, 1.54) is 0 Å². The monoisotopic (exact) mass is 396 g/mol. The minimum atomic E-state index is -1.11. The van der Waals surface area contributed by atoms with Gasteiger partial charge in [-0.05, 0) is 42.3 Å². The normalized spacial score (nSPS) is 11.8. The summed E-state index contributed by atoms with van der Waals surface area (Å²) in [6.45, 7) is 0.185. The number of benzene rings is 2. The quantitative estimate of drug-likeness (QED) is 0.535. The van der Waals surface area contributed by atoms with Crippen LogP contribution in [0, 0.1) is 4.91 Å². The Bertz CT molecular complexity index is 946. The number of rotatable bonds is 9. The van der Waals surface area contributed by atoms with Gasteiger partial charge in [-0.3, -0.25) is 4.21 Å². The second-order valence-corrected chi connectivity index (χ2v) is 7.60. The maximum atomic E-state index is 12.1. The molecule has 144 valence electrons. The first kappa shape index (κ1) is 19.8. The second kappa shape index (κ2) is 9.82. The fourth-order valence-corrected chi connectivity index (χ4v) is 3.63. The van der Waals surface area contributed by atoms with Crippen molar-refractivity contribution < 1.29 is 9.32 Å². The Morgan fingerprint density at radius 1 is 1.04 bits per heavy atom. The van der Waals surface area contributed by atoms with Crippen molar-refractivity contribution in [3.05, 3.63) is 71.3 Å². The first-order valence-corrected chi connectivity index (χ1v) is 10.1. The molecular formula is C20H20N4O3S. The summed E-state index contributed by atoms with van der Waals surface area (Å²) in [6.07, 6.45) is 2.19. The molecule has 28 heavy (non-hydrogen) atoms. The molecule has 0 spiro atoms. The van der Waals surface area contributed by atoms with Crippen LogP contribution in [0.4, 0.5) is 11.6 Å². The Balaban J connectivity index is 1.72. The smallest absolute Gasteiger partial charge is 0.227 e. The van der Waals surface area contributed by atoms with Crippen molar-refractivity contribution in [3.8, 4) is 11.3 Å². The van der Waals surface area contributed by atoms with Gasteiger partial charge in [-0.15, -0.1) is 0 Å². The van der Waals surface area contributed by atoms with Gasteiger partial charge in [0.05, 0.1) is 16.5 Å². The Kier molecular flexibility index (Phi) is 6.94. The van der Waals surface area contributed by atoms with Gasteiger partial charge in [-0.2, -0.15) is 4.91 Å². The Labute approximate surface area is 165 Å². The van der Waals surface area contributed by atoms with Gasteiger partial charge in [0, 0.05) is 34.7 Å². The van der Waals surface area contributed by atoms with Crippen molar-refractivity contribution in [2.24, 2.45) is 5.18 Å². The van der Waals surface area contributed by atoms with Gasteiger partial charge < -0.3 is 10.4 Å². The fraction of sp³-hybridized carbons (Fsp3) is 0.200. The van der Waals surface area contributed by atoms with E-state index in [0.29, 0.717) is 18.1 Å². The van der Waals surface area contributed by atoms with Gasteiger partial charge in [0.1, 0.15) is 6.54 Å². The number of nitrogens with zero attached hydrogens (tertiary/aromatic N) is 3. The number of nitroso groups, excluding NO2 is 1. The zero-order chi connectivity index (χ0) is 19.8. The molecule has 0 saturated heterocycles. The van der Waals surface area contributed by atoms with Crippen LogP contribution in [-0.2, 0) is 17.3 Å². The summed E-state index contributed by atoms with van der Waals surface area (Å²) in [5, 5.41) is 14.9. The number of aromatic nitrogens is 2. The molecule has 0 fully saturated rings. The molecule has 0 bridgehead atoms. The van der Waals surface area contributed by atoms with Gasteiger partial charge >= 0.3 is 0 Å². The molecule has 1 unspecified atom stereocenters. The van der Waals surface area contributed by atoms with E-state index in [9.17, 15) is 9.12 Å². The molecule has 8 heteroatoms. The van der Waals surface area contributed by atoms with Crippen LogP contribution >= 0.6 is 0 Å². The maximum absolute atomic E-state index is 12.1. The topological polar surface area (TPSA) is 105 Å². The maximum Gasteiger partial charge on any atom is 0.227 e. The van der Waals surface area contributed by atoms with E-state index < -0.39 is 10.8 Å². The Morgan fingerprint density at radius 2 is 1.79 bits per heavy atom. The van der Waals surface area contributed by atoms with E-state index in [2.05, 4.69) is 20.5 Å². The highest BCUT2D eigenvalue weighted by Crippen LogP contribution is 2.21. The minimum Gasteiger partial charge on any atom is -0.396 e. The van der Waals surface area contributed by atoms with Crippen LogP contribution in [0.15, 0.2) is 70.9 Å². The molecule has 3 aromatic rings. The fourth-order valence-electron chi connectivity index (χ4n) is 2.57. The third-order valence-corrected chi connectivity index (χ3v) is 5.47. The van der Waals surface area contributed by atoms with Crippen molar-refractivity contribution in [3.63, 3.8) is 0 Å². The first-order chi connectivity index (χ1) is 13.7. The van der Waals surface area contributed by atoms with Crippen LogP contribution in [0.5, 0.6) is 0 Å². The average Bonchev–Trinajstić information content (AvgIpc) is 2.74. The molecule has 0 aliphatic carbocycles. The summed E-state index contributed by atoms with van der Waals surface area (Å²) in [7, 11) is -1.11. The molecule has 1 heterocycles. The summed E-state index contributed by atoms with van der Waals surface area (Å²) in [6, 6.07) is 16.5. The summed E-state index contributed by atoms with van der Waals surface area (Å²) in [4.78, 5) is 19.8. The van der Waals surface area contributed by atoms with Crippen LogP contribution in [0.1, 0.15) is 12.0 Å². The van der Waals surface area contributed by atoms with Crippen LogP contribution < -0.4 is 5.32 Å². The SMILES string of the molecule is O=NCc1ccc(Nc2nccc(-c3ccc(S(=O)CCCO)cc3)n2)cc1. The Morgan fingerprint density at radius 3 is 2.46 bits per heavy atom. The second-order valence-electron chi connectivity index (χ2n) is 6.03. The number of hydrogen-bond donors (Lipinski definition) is 2. The zero-order valence-corrected chi connectivity index (χ0v) is 15.9. The van der Waals surface area contributed by atoms with E-state index in [0.717, 1.165) is 27.4 Å². The van der Waals surface area contributed by atoms with Crippen LogP contribution in [0.25, 0.3) is 11.3 Å². The lowest BCUT2D eigenvalue weighted by Crippen LogP contribution is -2.00. The molecule has 1 atom stereocenters. The zero-order valence-electron chi connectivity index (χ0n) is 15.1. The number of nitrogens with one attached hydrogen (secondary N) is 1. The van der Waals surface area contributed by atoms with Crippen molar-refractivity contribution in [2.75, 3.05) is 17.7 Å². The van der Waals surface area contributed by atoms with Gasteiger partial charge in [-0.1, -0.05) is 29.4 Å². The van der Waals surface area contributed by atoms with Crippen molar-refractivity contribution in [2.45, 2.75) is 17.9 Å². The lowest BCUT2D eigenvalue weighted by atomic mass is 10.1. The molecule has 2 N–H and O–H groups in total. The highest BCUT2D eigenvalue weighted by atomic mass is 32.2. The van der Waals surface area contributed by atoms with Crippen molar-refractivity contribution in [1.29, 1.82) is 0 Å². The number of aliphatic hydroxyl groups is 1. The predicted octanol–water partition coefficient (Wildman–Crippen LogP) is 3.64.